The third-order valence-corrected chi connectivity index (χ3v) is 8.50. The molecule has 1 radical (unpaired) electrons. The van der Waals surface area contributed by atoms with Crippen molar-refractivity contribution >= 4 is 0 Å². The summed E-state index contributed by atoms with van der Waals surface area (Å²) in [5, 5.41) is 19.0. The second kappa shape index (κ2) is 10.4. The van der Waals surface area contributed by atoms with Crippen LogP contribution in [0.1, 0.15) is 77.6 Å². The summed E-state index contributed by atoms with van der Waals surface area (Å²) < 4.78 is 0. The van der Waals surface area contributed by atoms with Gasteiger partial charge < -0.3 is 10.2 Å². The van der Waals surface area contributed by atoms with E-state index >= 15 is 0 Å². The van der Waals surface area contributed by atoms with Crippen LogP contribution < -0.4 is 58.2 Å². The van der Waals surface area contributed by atoms with Crippen LogP contribution in [0.4, 0.5) is 0 Å². The van der Waals surface area contributed by atoms with Crippen LogP contribution in [0.25, 0.3) is 0 Å². The summed E-state index contributed by atoms with van der Waals surface area (Å²) in [7, 11) is 0. The average Bonchev–Trinajstić information content (AvgIpc) is 2.91. The largest absolute Gasteiger partial charge is 1.00 e. The summed E-state index contributed by atoms with van der Waals surface area (Å²) in [5.41, 5.74) is 2.16. The van der Waals surface area contributed by atoms with Gasteiger partial charge in [0.1, 0.15) is 0 Å². The number of rotatable bonds is 4. The molecule has 0 aromatic heterocycles. The molecular formula is C22H35O2RbRe. The summed E-state index contributed by atoms with van der Waals surface area (Å²) >= 11 is 0. The third kappa shape index (κ3) is 4.56. The quantitative estimate of drug-likeness (QED) is 0.295. The Morgan fingerprint density at radius 1 is 1.15 bits per heavy atom. The minimum atomic E-state index is -0.0721. The van der Waals surface area contributed by atoms with Crippen molar-refractivity contribution in [2.45, 2.75) is 83.7 Å². The van der Waals surface area contributed by atoms with Crippen molar-refractivity contribution < 1.29 is 88.8 Å². The van der Waals surface area contributed by atoms with Crippen LogP contribution in [0.3, 0.4) is 0 Å². The van der Waals surface area contributed by atoms with E-state index < -0.39 is 0 Å². The molecular weight excluding hydrogens is 568 g/mol. The zero-order chi connectivity index (χ0) is 16.7. The van der Waals surface area contributed by atoms with E-state index in [2.05, 4.69) is 13.0 Å². The van der Waals surface area contributed by atoms with Gasteiger partial charge in [0.25, 0.3) is 0 Å². The summed E-state index contributed by atoms with van der Waals surface area (Å²) in [6.07, 6.45) is 15.9. The van der Waals surface area contributed by atoms with Crippen LogP contribution in [0, 0.1) is 41.6 Å². The van der Waals surface area contributed by atoms with Gasteiger partial charge in [0.2, 0.25) is 0 Å². The molecule has 0 aliphatic heterocycles. The summed E-state index contributed by atoms with van der Waals surface area (Å²) in [6, 6.07) is 0. The van der Waals surface area contributed by atoms with Gasteiger partial charge in [-0.1, -0.05) is 31.4 Å². The van der Waals surface area contributed by atoms with Crippen LogP contribution in [0.15, 0.2) is 11.6 Å². The molecule has 4 rings (SSSR count). The predicted octanol–water partition coefficient (Wildman–Crippen LogP) is 2.24. The SMILES string of the molecule is CC12CCC3C4CCC(O)CC4=CCC3C1CCC2CCC[CH-]O.[Rb+].[Re]. The molecule has 4 aliphatic rings. The first-order valence-electron chi connectivity index (χ1n) is 10.5. The second-order valence-electron chi connectivity index (χ2n) is 9.42. The number of allylic oxidation sites excluding steroid dienone is 1. The van der Waals surface area contributed by atoms with E-state index in [-0.39, 0.29) is 84.7 Å². The summed E-state index contributed by atoms with van der Waals surface area (Å²) in [5.74, 6) is 4.40. The molecule has 3 saturated carbocycles. The van der Waals surface area contributed by atoms with Crippen LogP contribution in [0.5, 0.6) is 0 Å². The van der Waals surface area contributed by atoms with Gasteiger partial charge in [-0.15, -0.1) is 0 Å². The van der Waals surface area contributed by atoms with Gasteiger partial charge in [0.15, 0.2) is 0 Å². The predicted molar refractivity (Wildman–Crippen MR) is 96.7 cm³/mol. The van der Waals surface area contributed by atoms with E-state index in [1.165, 1.54) is 51.6 Å². The fourth-order valence-corrected chi connectivity index (χ4v) is 7.29. The maximum atomic E-state index is 10.0. The molecule has 0 aromatic rings. The zero-order valence-electron chi connectivity index (χ0n) is 16.7. The fourth-order valence-electron chi connectivity index (χ4n) is 7.29. The molecule has 26 heavy (non-hydrogen) atoms. The van der Waals surface area contributed by atoms with Crippen molar-refractivity contribution in [3.05, 3.63) is 18.3 Å². The Balaban J connectivity index is 0.00000121. The number of fused-ring (bicyclic) bond motifs is 5. The molecule has 0 bridgehead atoms. The van der Waals surface area contributed by atoms with Crippen molar-refractivity contribution in [1.29, 1.82) is 0 Å². The molecule has 0 spiro atoms. The Morgan fingerprint density at radius 2 is 1.96 bits per heavy atom. The third-order valence-electron chi connectivity index (χ3n) is 8.50. The number of unbranched alkanes of at least 4 members (excludes halogenated alkanes) is 1. The Labute approximate surface area is 222 Å². The van der Waals surface area contributed by atoms with Crippen molar-refractivity contribution in [1.82, 2.24) is 0 Å². The van der Waals surface area contributed by atoms with Gasteiger partial charge in [0, 0.05) is 20.4 Å². The topological polar surface area (TPSA) is 40.5 Å². The first kappa shape index (κ1) is 24.4. The molecule has 0 amide bonds. The van der Waals surface area contributed by atoms with Gasteiger partial charge in [-0.2, -0.15) is 6.42 Å². The molecule has 0 heterocycles. The molecule has 4 aliphatic carbocycles. The van der Waals surface area contributed by atoms with Gasteiger partial charge in [-0.05, 0) is 86.4 Å². The smallest absolute Gasteiger partial charge is 0.566 e. The Morgan fingerprint density at radius 3 is 2.73 bits per heavy atom. The number of aliphatic hydroxyl groups is 2. The van der Waals surface area contributed by atoms with Gasteiger partial charge in [0.05, 0.1) is 6.10 Å². The van der Waals surface area contributed by atoms with Gasteiger partial charge in [-0.3, -0.25) is 0 Å². The summed E-state index contributed by atoms with van der Waals surface area (Å²) in [6.45, 7) is 3.94. The van der Waals surface area contributed by atoms with Gasteiger partial charge >= 0.3 is 58.2 Å². The molecule has 2 N–H and O–H groups in total. The molecule has 143 valence electrons. The maximum absolute atomic E-state index is 10.0. The van der Waals surface area contributed by atoms with Gasteiger partial charge in [-0.25, -0.2) is 6.61 Å². The van der Waals surface area contributed by atoms with E-state index in [4.69, 9.17) is 5.11 Å². The molecule has 0 saturated heterocycles. The van der Waals surface area contributed by atoms with Crippen LogP contribution in [-0.4, -0.2) is 16.3 Å². The minimum Gasteiger partial charge on any atom is -0.566 e. The summed E-state index contributed by atoms with van der Waals surface area (Å²) in [4.78, 5) is 0. The van der Waals surface area contributed by atoms with Crippen molar-refractivity contribution in [3.63, 3.8) is 0 Å². The van der Waals surface area contributed by atoms with E-state index in [0.29, 0.717) is 5.41 Å². The Bertz CT molecular complexity index is 497. The number of aliphatic hydroxyl groups excluding tert-OH is 2. The van der Waals surface area contributed by atoms with Crippen molar-refractivity contribution in [2.24, 2.45) is 35.0 Å². The van der Waals surface area contributed by atoms with Crippen LogP contribution in [-0.2, 0) is 20.4 Å². The van der Waals surface area contributed by atoms with E-state index in [9.17, 15) is 5.11 Å². The normalized spacial score (nSPS) is 43.9. The van der Waals surface area contributed by atoms with E-state index in [1.807, 2.05) is 0 Å². The molecule has 0 aromatic carbocycles. The average molecular weight is 603 g/mol. The van der Waals surface area contributed by atoms with E-state index in [1.54, 1.807) is 5.57 Å². The molecule has 2 nitrogen and oxygen atoms in total. The molecule has 3 fully saturated rings. The standard InChI is InChI=1S/C22H35O2.Rb.Re/c1-22-12-11-19-18-9-7-17(24)14-15(18)5-8-20(19)21(22)10-6-16(22)4-2-3-13-23;;/h5,13,16-21,23-24H,2-4,6-12,14H2,1H3;;/q-1;+1;. The molecule has 7 atom stereocenters. The second-order valence-corrected chi connectivity index (χ2v) is 9.42. The Kier molecular flexibility index (Phi) is 9.79. The monoisotopic (exact) mass is 603 g/mol. The van der Waals surface area contributed by atoms with Crippen molar-refractivity contribution in [3.8, 4) is 0 Å². The Hall–Kier alpha value is 2.13. The van der Waals surface area contributed by atoms with Crippen LogP contribution in [0.2, 0.25) is 0 Å². The number of hydrogen-bond acceptors (Lipinski definition) is 2. The van der Waals surface area contributed by atoms with Crippen LogP contribution >= 0.6 is 0 Å². The first-order chi connectivity index (χ1) is 11.6. The first-order valence-corrected chi connectivity index (χ1v) is 10.5. The molecule has 7 unspecified atom stereocenters. The van der Waals surface area contributed by atoms with Crippen molar-refractivity contribution in [2.75, 3.05) is 0 Å². The maximum Gasteiger partial charge on any atom is 1.00 e. The zero-order valence-corrected chi connectivity index (χ0v) is 24.3. The fraction of sp³-hybridized carbons (Fsp3) is 0.864. The minimum absolute atomic E-state index is 0. The molecule has 4 heteroatoms. The van der Waals surface area contributed by atoms with E-state index in [0.717, 1.165) is 55.3 Å². The number of hydrogen-bond donors (Lipinski definition) is 2.